The molecule has 124 valence electrons. The molecule has 0 spiro atoms. The van der Waals surface area contributed by atoms with Crippen molar-refractivity contribution in [1.82, 2.24) is 15.4 Å². The second-order valence-corrected chi connectivity index (χ2v) is 5.92. The van der Waals surface area contributed by atoms with Gasteiger partial charge in [0, 0.05) is 6.42 Å². The number of aromatic amines is 1. The van der Waals surface area contributed by atoms with Crippen molar-refractivity contribution in [2.45, 2.75) is 78.6 Å². The van der Waals surface area contributed by atoms with Gasteiger partial charge in [-0.3, -0.25) is 9.59 Å². The van der Waals surface area contributed by atoms with Gasteiger partial charge in [-0.2, -0.15) is 0 Å². The quantitative estimate of drug-likeness (QED) is 0.500. The molecule has 0 aliphatic carbocycles. The summed E-state index contributed by atoms with van der Waals surface area (Å²) in [5, 5.41) is 9.91. The van der Waals surface area contributed by atoms with Gasteiger partial charge in [-0.05, 0) is 25.2 Å². The van der Waals surface area contributed by atoms with E-state index in [-0.39, 0.29) is 11.3 Å². The predicted octanol–water partition coefficient (Wildman–Crippen LogP) is 3.69. The number of carbonyl (C=O) groups is 1. The molecule has 0 radical (unpaired) electrons. The van der Waals surface area contributed by atoms with Crippen LogP contribution >= 0.6 is 0 Å². The number of aryl methyl sites for hydroxylation is 1. The van der Waals surface area contributed by atoms with Crippen LogP contribution in [0.1, 0.15) is 88.2 Å². The molecule has 0 bridgehead atoms. The van der Waals surface area contributed by atoms with Crippen LogP contribution in [0.25, 0.3) is 0 Å². The van der Waals surface area contributed by atoms with E-state index in [1.807, 2.05) is 0 Å². The molecular weight excluding hydrogens is 278 g/mol. The summed E-state index contributed by atoms with van der Waals surface area (Å²) in [5.74, 6) is 0.458. The van der Waals surface area contributed by atoms with Crippen LogP contribution in [0.5, 0.6) is 0 Å². The van der Waals surface area contributed by atoms with Crippen LogP contribution in [0.3, 0.4) is 0 Å². The number of nitrogens with one attached hydrogen (secondary N) is 1. The van der Waals surface area contributed by atoms with E-state index in [2.05, 4.69) is 36.2 Å². The average Bonchev–Trinajstić information content (AvgIpc) is 2.52. The van der Waals surface area contributed by atoms with E-state index in [9.17, 15) is 9.59 Å². The molecular formula is C17H29N3O2. The van der Waals surface area contributed by atoms with E-state index in [0.717, 1.165) is 44.9 Å². The van der Waals surface area contributed by atoms with Crippen LogP contribution in [-0.2, 0) is 6.42 Å². The van der Waals surface area contributed by atoms with Crippen LogP contribution in [0.4, 0.5) is 0 Å². The first-order chi connectivity index (χ1) is 10.6. The van der Waals surface area contributed by atoms with Crippen molar-refractivity contribution in [3.63, 3.8) is 0 Å². The van der Waals surface area contributed by atoms with Gasteiger partial charge < -0.3 is 0 Å². The average molecular weight is 307 g/mol. The number of nitrogens with zero attached hydrogens (tertiary/aromatic N) is 2. The molecule has 0 aliphatic rings. The van der Waals surface area contributed by atoms with Gasteiger partial charge in [-0.1, -0.05) is 58.1 Å². The Labute approximate surface area is 132 Å². The Hall–Kier alpha value is -1.52. The fourth-order valence-electron chi connectivity index (χ4n) is 2.71. The normalized spacial score (nSPS) is 11.1. The number of hydrogen-bond acceptors (Lipinski definition) is 4. The molecule has 0 aromatic carbocycles. The molecule has 5 nitrogen and oxygen atoms in total. The lowest BCUT2D eigenvalue weighted by atomic mass is 9.94. The zero-order valence-corrected chi connectivity index (χ0v) is 14.2. The Balaban J connectivity index is 2.74. The van der Waals surface area contributed by atoms with Gasteiger partial charge in [0.25, 0.3) is 5.56 Å². The van der Waals surface area contributed by atoms with E-state index in [1.54, 1.807) is 0 Å². The third-order valence-corrected chi connectivity index (χ3v) is 4.32. The first-order valence-corrected chi connectivity index (χ1v) is 8.61. The summed E-state index contributed by atoms with van der Waals surface area (Å²) >= 11 is 0. The molecule has 0 amide bonds. The zero-order chi connectivity index (χ0) is 16.4. The van der Waals surface area contributed by atoms with Crippen molar-refractivity contribution in [3.8, 4) is 0 Å². The maximum Gasteiger partial charge on any atom is 0.278 e. The standard InChI is InChI=1S/C17H29N3O2/c1-4-7-8-9-10-14-16(17(22)19-20-18-14)15(21)12-11-13(5-2)6-3/h13H,4-12H2,1-3H3,(H,18,19,22). The number of Topliss-reactive ketones (excluding diaryl/α,β-unsaturated/α-hetero) is 1. The number of rotatable bonds is 11. The fraction of sp³-hybridized carbons (Fsp3) is 0.765. The Morgan fingerprint density at radius 1 is 1.14 bits per heavy atom. The number of unbranched alkanes of at least 4 members (excludes halogenated alkanes) is 3. The molecule has 0 fully saturated rings. The molecule has 1 heterocycles. The molecule has 5 heteroatoms. The summed E-state index contributed by atoms with van der Waals surface area (Å²) < 4.78 is 0. The maximum atomic E-state index is 12.4. The number of ketones is 1. The second-order valence-electron chi connectivity index (χ2n) is 5.92. The molecule has 1 aromatic rings. The van der Waals surface area contributed by atoms with Crippen molar-refractivity contribution in [1.29, 1.82) is 0 Å². The van der Waals surface area contributed by atoms with E-state index in [4.69, 9.17) is 0 Å². The van der Waals surface area contributed by atoms with Crippen LogP contribution in [0, 0.1) is 5.92 Å². The van der Waals surface area contributed by atoms with Gasteiger partial charge in [0.1, 0.15) is 5.56 Å². The summed E-state index contributed by atoms with van der Waals surface area (Å²) in [6, 6.07) is 0. The summed E-state index contributed by atoms with van der Waals surface area (Å²) in [6.07, 6.45) is 8.40. The van der Waals surface area contributed by atoms with Crippen LogP contribution < -0.4 is 5.56 Å². The first kappa shape index (κ1) is 18.5. The maximum absolute atomic E-state index is 12.4. The first-order valence-electron chi connectivity index (χ1n) is 8.61. The summed E-state index contributed by atoms with van der Waals surface area (Å²) in [4.78, 5) is 24.4. The van der Waals surface area contributed by atoms with Crippen molar-refractivity contribution in [2.24, 2.45) is 5.92 Å². The van der Waals surface area contributed by atoms with E-state index in [1.165, 1.54) is 0 Å². The van der Waals surface area contributed by atoms with Crippen LogP contribution in [-0.4, -0.2) is 21.2 Å². The number of aromatic nitrogens is 3. The van der Waals surface area contributed by atoms with Crippen molar-refractivity contribution in [2.75, 3.05) is 0 Å². The topological polar surface area (TPSA) is 75.7 Å². The summed E-state index contributed by atoms with van der Waals surface area (Å²) in [5.41, 5.74) is 0.405. The lowest BCUT2D eigenvalue weighted by Crippen LogP contribution is -2.24. The van der Waals surface area contributed by atoms with Crippen molar-refractivity contribution >= 4 is 5.78 Å². The number of H-pyrrole nitrogens is 1. The lowest BCUT2D eigenvalue weighted by molar-refractivity contribution is 0.0969. The lowest BCUT2D eigenvalue weighted by Gasteiger charge is -2.11. The summed E-state index contributed by atoms with van der Waals surface area (Å²) in [6.45, 7) is 6.43. The molecule has 0 unspecified atom stereocenters. The second kappa shape index (κ2) is 10.2. The van der Waals surface area contributed by atoms with E-state index >= 15 is 0 Å². The predicted molar refractivity (Wildman–Crippen MR) is 88.1 cm³/mol. The minimum atomic E-state index is -0.393. The Morgan fingerprint density at radius 2 is 1.86 bits per heavy atom. The fourth-order valence-corrected chi connectivity index (χ4v) is 2.71. The molecule has 0 saturated heterocycles. The third kappa shape index (κ3) is 5.70. The third-order valence-electron chi connectivity index (χ3n) is 4.32. The largest absolute Gasteiger partial charge is 0.294 e. The molecule has 1 N–H and O–H groups in total. The van der Waals surface area contributed by atoms with Gasteiger partial charge in [-0.15, -0.1) is 5.10 Å². The summed E-state index contributed by atoms with van der Waals surface area (Å²) in [7, 11) is 0. The highest BCUT2D eigenvalue weighted by molar-refractivity contribution is 5.96. The van der Waals surface area contributed by atoms with E-state index < -0.39 is 5.56 Å². The molecule has 0 saturated carbocycles. The highest BCUT2D eigenvalue weighted by atomic mass is 16.1. The molecule has 0 atom stereocenters. The Kier molecular flexibility index (Phi) is 8.63. The molecule has 22 heavy (non-hydrogen) atoms. The van der Waals surface area contributed by atoms with Crippen molar-refractivity contribution < 1.29 is 4.79 Å². The minimum absolute atomic E-state index is 0.0893. The highest BCUT2D eigenvalue weighted by Crippen LogP contribution is 2.17. The van der Waals surface area contributed by atoms with Gasteiger partial charge in [0.05, 0.1) is 5.69 Å². The van der Waals surface area contributed by atoms with Crippen LogP contribution in [0.15, 0.2) is 4.79 Å². The monoisotopic (exact) mass is 307 g/mol. The number of hydrogen-bond donors (Lipinski definition) is 1. The SMILES string of the molecule is CCCCCCc1nn[nH]c(=O)c1C(=O)CCC(CC)CC. The van der Waals surface area contributed by atoms with Crippen LogP contribution in [0.2, 0.25) is 0 Å². The highest BCUT2D eigenvalue weighted by Gasteiger charge is 2.18. The van der Waals surface area contributed by atoms with Gasteiger partial charge in [0.15, 0.2) is 5.78 Å². The van der Waals surface area contributed by atoms with E-state index in [0.29, 0.717) is 24.5 Å². The molecule has 0 aliphatic heterocycles. The van der Waals surface area contributed by atoms with Gasteiger partial charge in [0.2, 0.25) is 0 Å². The van der Waals surface area contributed by atoms with Gasteiger partial charge in [-0.25, -0.2) is 5.10 Å². The smallest absolute Gasteiger partial charge is 0.278 e. The van der Waals surface area contributed by atoms with Crippen molar-refractivity contribution in [3.05, 3.63) is 21.6 Å². The Bertz CT molecular complexity index is 507. The number of carbonyl (C=O) groups excluding carboxylic acids is 1. The van der Waals surface area contributed by atoms with Gasteiger partial charge >= 0.3 is 0 Å². The molecule has 1 aromatic heterocycles. The minimum Gasteiger partial charge on any atom is -0.294 e. The zero-order valence-electron chi connectivity index (χ0n) is 14.2. The molecule has 1 rings (SSSR count). The Morgan fingerprint density at radius 3 is 2.50 bits per heavy atom.